The van der Waals surface area contributed by atoms with Crippen molar-refractivity contribution in [1.29, 1.82) is 0 Å². The Morgan fingerprint density at radius 1 is 1.26 bits per heavy atom. The van der Waals surface area contributed by atoms with E-state index in [0.29, 0.717) is 12.1 Å². The van der Waals surface area contributed by atoms with E-state index in [0.717, 1.165) is 12.5 Å². The van der Waals surface area contributed by atoms with Crippen LogP contribution in [0.3, 0.4) is 0 Å². The molecular weight excluding hydrogens is 232 g/mol. The Bertz CT molecular complexity index is 381. The minimum Gasteiger partial charge on any atom is -0.312 e. The minimum atomic E-state index is 0.413. The van der Waals surface area contributed by atoms with Gasteiger partial charge in [-0.15, -0.1) is 0 Å². The van der Waals surface area contributed by atoms with Gasteiger partial charge in [0.05, 0.1) is 0 Å². The normalized spacial score (nSPS) is 19.2. The van der Waals surface area contributed by atoms with Crippen LogP contribution in [-0.4, -0.2) is 31.1 Å². The van der Waals surface area contributed by atoms with E-state index in [1.54, 1.807) is 0 Å². The molecule has 1 fully saturated rings. The lowest BCUT2D eigenvalue weighted by Crippen LogP contribution is -2.47. The van der Waals surface area contributed by atoms with Crippen molar-refractivity contribution in [2.24, 2.45) is 0 Å². The van der Waals surface area contributed by atoms with E-state index in [2.05, 4.69) is 62.4 Å². The Labute approximate surface area is 118 Å². The number of nitrogens with zero attached hydrogens (tertiary/aromatic N) is 1. The van der Waals surface area contributed by atoms with Gasteiger partial charge in [-0.05, 0) is 51.4 Å². The average Bonchev–Trinajstić information content (AvgIpc) is 2.38. The maximum absolute atomic E-state index is 3.50. The summed E-state index contributed by atoms with van der Waals surface area (Å²) in [7, 11) is 4.35. The van der Waals surface area contributed by atoms with Gasteiger partial charge in [0.1, 0.15) is 0 Å². The fourth-order valence-corrected chi connectivity index (χ4v) is 3.01. The topological polar surface area (TPSA) is 15.3 Å². The van der Waals surface area contributed by atoms with Crippen LogP contribution in [0.1, 0.15) is 50.3 Å². The van der Waals surface area contributed by atoms with E-state index in [-0.39, 0.29) is 0 Å². The first-order valence-electron chi connectivity index (χ1n) is 7.65. The second kappa shape index (κ2) is 6.53. The number of benzene rings is 1. The molecule has 1 N–H and O–H groups in total. The predicted molar refractivity (Wildman–Crippen MR) is 82.5 cm³/mol. The van der Waals surface area contributed by atoms with Gasteiger partial charge in [-0.3, -0.25) is 4.90 Å². The van der Waals surface area contributed by atoms with Crippen LogP contribution in [0.25, 0.3) is 0 Å². The van der Waals surface area contributed by atoms with Crippen molar-refractivity contribution in [3.8, 4) is 0 Å². The van der Waals surface area contributed by atoms with Gasteiger partial charge in [0.25, 0.3) is 0 Å². The highest BCUT2D eigenvalue weighted by Crippen LogP contribution is 2.29. The number of aryl methyl sites for hydroxylation is 1. The molecular formula is C17H28N2. The maximum Gasteiger partial charge on any atom is 0.0473 e. The summed E-state index contributed by atoms with van der Waals surface area (Å²) >= 11 is 0. The molecule has 0 heterocycles. The van der Waals surface area contributed by atoms with Gasteiger partial charge in [-0.1, -0.05) is 37.6 Å². The van der Waals surface area contributed by atoms with Crippen LogP contribution in [-0.2, 0) is 6.42 Å². The average molecular weight is 260 g/mol. The number of likely N-dealkylation sites (N-methyl/N-ethyl adjacent to an activating group) is 2. The molecule has 2 rings (SSSR count). The molecule has 2 unspecified atom stereocenters. The number of hydrogen-bond acceptors (Lipinski definition) is 2. The van der Waals surface area contributed by atoms with Gasteiger partial charge in [-0.2, -0.15) is 0 Å². The van der Waals surface area contributed by atoms with Gasteiger partial charge in [-0.25, -0.2) is 0 Å². The Balaban J connectivity index is 2.08. The Hall–Kier alpha value is -0.860. The zero-order valence-corrected chi connectivity index (χ0v) is 12.8. The summed E-state index contributed by atoms with van der Waals surface area (Å²) in [6.45, 7) is 4.55. The van der Waals surface area contributed by atoms with Crippen LogP contribution in [0.2, 0.25) is 0 Å². The zero-order valence-electron chi connectivity index (χ0n) is 12.8. The van der Waals surface area contributed by atoms with E-state index >= 15 is 0 Å². The quantitative estimate of drug-likeness (QED) is 0.843. The number of hydrogen-bond donors (Lipinski definition) is 1. The monoisotopic (exact) mass is 260 g/mol. The Kier molecular flexibility index (Phi) is 5.00. The third kappa shape index (κ3) is 3.18. The van der Waals surface area contributed by atoms with Gasteiger partial charge in [0.2, 0.25) is 0 Å². The van der Waals surface area contributed by atoms with Gasteiger partial charge in [0, 0.05) is 18.1 Å². The molecule has 2 nitrogen and oxygen atoms in total. The van der Waals surface area contributed by atoms with Crippen molar-refractivity contribution in [3.63, 3.8) is 0 Å². The van der Waals surface area contributed by atoms with Crippen molar-refractivity contribution >= 4 is 0 Å². The fourth-order valence-electron chi connectivity index (χ4n) is 3.01. The zero-order chi connectivity index (χ0) is 13.8. The summed E-state index contributed by atoms with van der Waals surface area (Å²) in [6.07, 6.45) is 5.25. The molecule has 0 spiro atoms. The molecule has 1 aliphatic carbocycles. The SMILES string of the molecule is CCc1ccc(C(NC)C(C)N(C)C2CCC2)cc1. The molecule has 0 aliphatic heterocycles. The smallest absolute Gasteiger partial charge is 0.0473 e. The number of rotatable bonds is 6. The van der Waals surface area contributed by atoms with Crippen molar-refractivity contribution in [1.82, 2.24) is 10.2 Å². The first-order valence-corrected chi connectivity index (χ1v) is 7.65. The minimum absolute atomic E-state index is 0.413. The fraction of sp³-hybridized carbons (Fsp3) is 0.647. The molecule has 0 radical (unpaired) electrons. The maximum atomic E-state index is 3.50. The van der Waals surface area contributed by atoms with Crippen molar-refractivity contribution in [2.75, 3.05) is 14.1 Å². The first-order chi connectivity index (χ1) is 9.17. The van der Waals surface area contributed by atoms with E-state index in [1.807, 2.05) is 0 Å². The Morgan fingerprint density at radius 3 is 2.32 bits per heavy atom. The van der Waals surface area contributed by atoms with Gasteiger partial charge < -0.3 is 5.32 Å². The summed E-state index contributed by atoms with van der Waals surface area (Å²) in [5.41, 5.74) is 2.82. The molecule has 19 heavy (non-hydrogen) atoms. The van der Waals surface area contributed by atoms with Crippen molar-refractivity contribution in [2.45, 2.75) is 57.7 Å². The number of nitrogens with one attached hydrogen (secondary N) is 1. The molecule has 1 saturated carbocycles. The first kappa shape index (κ1) is 14.5. The molecule has 1 aromatic carbocycles. The van der Waals surface area contributed by atoms with E-state index in [1.165, 1.54) is 30.4 Å². The van der Waals surface area contributed by atoms with Crippen LogP contribution < -0.4 is 5.32 Å². The van der Waals surface area contributed by atoms with Crippen LogP contribution >= 0.6 is 0 Å². The summed E-state index contributed by atoms with van der Waals surface area (Å²) in [5, 5.41) is 3.50. The molecule has 0 amide bonds. The molecule has 1 aromatic rings. The molecule has 2 heteroatoms. The van der Waals surface area contributed by atoms with Crippen molar-refractivity contribution in [3.05, 3.63) is 35.4 Å². The lowest BCUT2D eigenvalue weighted by atomic mass is 9.89. The summed E-state index contributed by atoms with van der Waals surface area (Å²) in [4.78, 5) is 2.55. The highest BCUT2D eigenvalue weighted by molar-refractivity contribution is 5.26. The predicted octanol–water partition coefficient (Wildman–Crippen LogP) is 3.38. The second-order valence-electron chi connectivity index (χ2n) is 5.85. The Morgan fingerprint density at radius 2 is 1.89 bits per heavy atom. The largest absolute Gasteiger partial charge is 0.312 e. The molecule has 0 aromatic heterocycles. The summed E-state index contributed by atoms with van der Waals surface area (Å²) in [5.74, 6) is 0. The van der Waals surface area contributed by atoms with E-state index in [9.17, 15) is 0 Å². The van der Waals surface area contributed by atoms with Crippen molar-refractivity contribution < 1.29 is 0 Å². The third-order valence-corrected chi connectivity index (χ3v) is 4.83. The standard InChI is InChI=1S/C17H28N2/c1-5-14-9-11-15(12-10-14)17(18-3)13(2)19(4)16-7-6-8-16/h9-13,16-18H,5-8H2,1-4H3. The van der Waals surface area contributed by atoms with Crippen LogP contribution in [0.4, 0.5) is 0 Å². The van der Waals surface area contributed by atoms with E-state index < -0.39 is 0 Å². The summed E-state index contributed by atoms with van der Waals surface area (Å²) in [6, 6.07) is 10.8. The van der Waals surface area contributed by atoms with Gasteiger partial charge in [0.15, 0.2) is 0 Å². The molecule has 1 aliphatic rings. The highest BCUT2D eigenvalue weighted by atomic mass is 15.2. The van der Waals surface area contributed by atoms with Crippen LogP contribution in [0.15, 0.2) is 24.3 Å². The van der Waals surface area contributed by atoms with Gasteiger partial charge >= 0.3 is 0 Å². The molecule has 0 bridgehead atoms. The molecule has 106 valence electrons. The van der Waals surface area contributed by atoms with Crippen LogP contribution in [0, 0.1) is 0 Å². The van der Waals surface area contributed by atoms with Crippen LogP contribution in [0.5, 0.6) is 0 Å². The van der Waals surface area contributed by atoms with E-state index in [4.69, 9.17) is 0 Å². The lowest BCUT2D eigenvalue weighted by Gasteiger charge is -2.41. The lowest BCUT2D eigenvalue weighted by molar-refractivity contribution is 0.0977. The summed E-state index contributed by atoms with van der Waals surface area (Å²) < 4.78 is 0. The third-order valence-electron chi connectivity index (χ3n) is 4.83. The molecule has 2 atom stereocenters. The second-order valence-corrected chi connectivity index (χ2v) is 5.85. The highest BCUT2D eigenvalue weighted by Gasteiger charge is 2.29. The molecule has 0 saturated heterocycles.